The van der Waals surface area contributed by atoms with E-state index in [1.165, 1.54) is 16.2 Å². The van der Waals surface area contributed by atoms with Crippen LogP contribution in [0.2, 0.25) is 10.0 Å². The van der Waals surface area contributed by atoms with Crippen molar-refractivity contribution >= 4 is 63.0 Å². The third-order valence-electron chi connectivity index (χ3n) is 3.11. The molecule has 0 aliphatic heterocycles. The lowest BCUT2D eigenvalue weighted by atomic mass is 10.2. The lowest BCUT2D eigenvalue weighted by Crippen LogP contribution is -1.91. The van der Waals surface area contributed by atoms with Crippen LogP contribution < -0.4 is 0 Å². The number of rotatable bonds is 3. The van der Waals surface area contributed by atoms with E-state index in [0.717, 1.165) is 15.5 Å². The SMILES string of the molecule is Clc1ccc(-c2nnc3sc(C=Cc4cccs4)nn23)c(Cl)c1. The number of aromatic nitrogens is 4. The smallest absolute Gasteiger partial charge is 0.182 e. The summed E-state index contributed by atoms with van der Waals surface area (Å²) in [6.45, 7) is 0. The Hall–Kier alpha value is -1.73. The van der Waals surface area contributed by atoms with Gasteiger partial charge in [0.25, 0.3) is 0 Å². The molecule has 0 radical (unpaired) electrons. The molecule has 3 heterocycles. The molecule has 0 bridgehead atoms. The van der Waals surface area contributed by atoms with Crippen LogP contribution >= 0.6 is 45.9 Å². The van der Waals surface area contributed by atoms with Crippen LogP contribution in [0, 0.1) is 0 Å². The van der Waals surface area contributed by atoms with Crippen LogP contribution in [0.4, 0.5) is 0 Å². The van der Waals surface area contributed by atoms with E-state index in [1.807, 2.05) is 29.7 Å². The number of nitrogens with zero attached hydrogens (tertiary/aromatic N) is 4. The normalized spacial score (nSPS) is 11.7. The molecule has 0 saturated carbocycles. The molecule has 0 aliphatic rings. The Morgan fingerprint density at radius 3 is 2.78 bits per heavy atom. The minimum Gasteiger partial charge on any atom is -0.182 e. The third-order valence-corrected chi connectivity index (χ3v) is 5.36. The zero-order valence-electron chi connectivity index (χ0n) is 11.5. The van der Waals surface area contributed by atoms with Crippen LogP contribution in [0.5, 0.6) is 0 Å². The van der Waals surface area contributed by atoms with Crippen LogP contribution in [-0.4, -0.2) is 19.8 Å². The van der Waals surface area contributed by atoms with Crippen LogP contribution in [0.1, 0.15) is 9.88 Å². The fraction of sp³-hybridized carbons (Fsp3) is 0. The van der Waals surface area contributed by atoms with Gasteiger partial charge >= 0.3 is 0 Å². The van der Waals surface area contributed by atoms with Crippen LogP contribution in [0.25, 0.3) is 28.5 Å². The molecule has 0 spiro atoms. The highest BCUT2D eigenvalue weighted by atomic mass is 35.5. The van der Waals surface area contributed by atoms with Crippen molar-refractivity contribution in [3.8, 4) is 11.4 Å². The van der Waals surface area contributed by atoms with Crippen molar-refractivity contribution in [3.63, 3.8) is 0 Å². The molecule has 0 atom stereocenters. The monoisotopic (exact) mass is 378 g/mol. The van der Waals surface area contributed by atoms with Gasteiger partial charge < -0.3 is 0 Å². The molecule has 4 aromatic rings. The number of halogens is 2. The third kappa shape index (κ3) is 2.90. The molecule has 1 aromatic carbocycles. The molecule has 0 N–H and O–H groups in total. The van der Waals surface area contributed by atoms with Gasteiger partial charge in [-0.05, 0) is 41.8 Å². The van der Waals surface area contributed by atoms with E-state index in [0.29, 0.717) is 15.9 Å². The molecule has 0 unspecified atom stereocenters. The first-order valence-corrected chi connectivity index (χ1v) is 9.05. The largest absolute Gasteiger partial charge is 0.235 e. The van der Waals surface area contributed by atoms with E-state index in [1.54, 1.807) is 28.0 Å². The molecule has 4 nitrogen and oxygen atoms in total. The fourth-order valence-electron chi connectivity index (χ4n) is 2.08. The van der Waals surface area contributed by atoms with Gasteiger partial charge in [-0.25, -0.2) is 0 Å². The van der Waals surface area contributed by atoms with E-state index >= 15 is 0 Å². The molecule has 0 aliphatic carbocycles. The van der Waals surface area contributed by atoms with Crippen molar-refractivity contribution in [3.05, 3.63) is 55.6 Å². The zero-order valence-corrected chi connectivity index (χ0v) is 14.6. The number of thiophene rings is 1. The van der Waals surface area contributed by atoms with Gasteiger partial charge in [-0.1, -0.05) is 40.6 Å². The van der Waals surface area contributed by atoms with Crippen molar-refractivity contribution in [1.29, 1.82) is 0 Å². The van der Waals surface area contributed by atoms with Gasteiger partial charge in [0, 0.05) is 15.5 Å². The molecule has 23 heavy (non-hydrogen) atoms. The van der Waals surface area contributed by atoms with Crippen molar-refractivity contribution in [2.75, 3.05) is 0 Å². The van der Waals surface area contributed by atoms with Crippen LogP contribution in [0.3, 0.4) is 0 Å². The summed E-state index contributed by atoms with van der Waals surface area (Å²) in [4.78, 5) is 1.90. The molecular formula is C15H8Cl2N4S2. The minimum absolute atomic E-state index is 0.524. The second kappa shape index (κ2) is 6.05. The quantitative estimate of drug-likeness (QED) is 0.479. The summed E-state index contributed by atoms with van der Waals surface area (Å²) in [6.07, 6.45) is 4.00. The van der Waals surface area contributed by atoms with Crippen LogP contribution in [-0.2, 0) is 0 Å². The maximum atomic E-state index is 6.25. The van der Waals surface area contributed by atoms with Gasteiger partial charge in [-0.15, -0.1) is 21.5 Å². The first kappa shape index (κ1) is 14.8. The highest BCUT2D eigenvalue weighted by Crippen LogP contribution is 2.30. The fourth-order valence-corrected chi connectivity index (χ4v) is 3.93. The molecule has 8 heteroatoms. The maximum absolute atomic E-state index is 6.25. The Balaban J connectivity index is 1.75. The number of fused-ring (bicyclic) bond motifs is 1. The van der Waals surface area contributed by atoms with Gasteiger partial charge in [0.1, 0.15) is 5.01 Å². The maximum Gasteiger partial charge on any atom is 0.235 e. The molecule has 114 valence electrons. The summed E-state index contributed by atoms with van der Waals surface area (Å²) in [5, 5.41) is 16.9. The highest BCUT2D eigenvalue weighted by Gasteiger charge is 2.15. The van der Waals surface area contributed by atoms with Gasteiger partial charge in [0.2, 0.25) is 4.96 Å². The number of hydrogen-bond acceptors (Lipinski definition) is 5. The van der Waals surface area contributed by atoms with Gasteiger partial charge in [-0.3, -0.25) is 0 Å². The predicted molar refractivity (Wildman–Crippen MR) is 97.4 cm³/mol. The Morgan fingerprint density at radius 1 is 1.09 bits per heavy atom. The van der Waals surface area contributed by atoms with Gasteiger partial charge in [-0.2, -0.15) is 9.61 Å². The highest BCUT2D eigenvalue weighted by molar-refractivity contribution is 7.17. The Kier molecular flexibility index (Phi) is 3.90. The minimum atomic E-state index is 0.524. The summed E-state index contributed by atoms with van der Waals surface area (Å²) in [5.41, 5.74) is 0.752. The summed E-state index contributed by atoms with van der Waals surface area (Å²) < 4.78 is 1.70. The van der Waals surface area contributed by atoms with Crippen LogP contribution in [0.15, 0.2) is 35.7 Å². The van der Waals surface area contributed by atoms with Gasteiger partial charge in [0.15, 0.2) is 5.82 Å². The molecule has 4 rings (SSSR count). The molecule has 0 fully saturated rings. The van der Waals surface area contributed by atoms with Crippen molar-refractivity contribution < 1.29 is 0 Å². The van der Waals surface area contributed by atoms with E-state index in [9.17, 15) is 0 Å². The Bertz CT molecular complexity index is 1000. The average molecular weight is 379 g/mol. The Labute approximate surface area is 149 Å². The molecule has 0 saturated heterocycles. The lowest BCUT2D eigenvalue weighted by molar-refractivity contribution is 0.960. The second-order valence-corrected chi connectivity index (χ2v) is 7.44. The first-order valence-electron chi connectivity index (χ1n) is 6.60. The average Bonchev–Trinajstić information content (AvgIpc) is 3.22. The van der Waals surface area contributed by atoms with E-state index in [4.69, 9.17) is 23.2 Å². The standard InChI is InChI=1S/C15H8Cl2N4S2/c16-9-3-5-11(12(17)8-9)14-18-19-15-21(14)20-13(23-15)6-4-10-2-1-7-22-10/h1-8H. The molecule has 3 aromatic heterocycles. The summed E-state index contributed by atoms with van der Waals surface area (Å²) in [6, 6.07) is 9.35. The second-order valence-electron chi connectivity index (χ2n) is 4.63. The van der Waals surface area contributed by atoms with E-state index in [2.05, 4.69) is 21.4 Å². The zero-order chi connectivity index (χ0) is 15.8. The van der Waals surface area contributed by atoms with Crippen molar-refractivity contribution in [2.24, 2.45) is 0 Å². The first-order chi connectivity index (χ1) is 11.2. The van der Waals surface area contributed by atoms with Crippen molar-refractivity contribution in [1.82, 2.24) is 19.8 Å². The molecular weight excluding hydrogens is 371 g/mol. The number of benzene rings is 1. The van der Waals surface area contributed by atoms with E-state index in [-0.39, 0.29) is 0 Å². The predicted octanol–water partition coefficient (Wildman–Crippen LogP) is 5.39. The summed E-state index contributed by atoms with van der Waals surface area (Å²) >= 11 is 15.3. The molecule has 0 amide bonds. The summed E-state index contributed by atoms with van der Waals surface area (Å²) in [5.74, 6) is 0.605. The van der Waals surface area contributed by atoms with Gasteiger partial charge in [0.05, 0.1) is 5.02 Å². The van der Waals surface area contributed by atoms with E-state index < -0.39 is 0 Å². The summed E-state index contributed by atoms with van der Waals surface area (Å²) in [7, 11) is 0. The Morgan fingerprint density at radius 2 is 2.00 bits per heavy atom. The topological polar surface area (TPSA) is 43.1 Å². The lowest BCUT2D eigenvalue weighted by Gasteiger charge is -2.00. The number of hydrogen-bond donors (Lipinski definition) is 0. The van der Waals surface area contributed by atoms with Crippen molar-refractivity contribution in [2.45, 2.75) is 0 Å².